The van der Waals surface area contributed by atoms with Crippen molar-refractivity contribution >= 4 is 29.0 Å². The van der Waals surface area contributed by atoms with Gasteiger partial charge in [0, 0.05) is 11.1 Å². The number of carboxylic acid groups (broad SMARTS) is 1. The molecule has 14 heavy (non-hydrogen) atoms. The van der Waals surface area contributed by atoms with E-state index in [4.69, 9.17) is 10.8 Å². The summed E-state index contributed by atoms with van der Waals surface area (Å²) in [6, 6.07) is 0. The minimum Gasteiger partial charge on any atom is -0.481 e. The van der Waals surface area contributed by atoms with Gasteiger partial charge in [-0.05, 0) is 19.1 Å². The van der Waals surface area contributed by atoms with E-state index in [1.165, 1.54) is 0 Å². The van der Waals surface area contributed by atoms with Gasteiger partial charge in [0.15, 0.2) is 5.11 Å². The van der Waals surface area contributed by atoms with Crippen LogP contribution in [0.25, 0.3) is 0 Å². The lowest BCUT2D eigenvalue weighted by molar-refractivity contribution is -0.138. The molecule has 0 saturated heterocycles. The van der Waals surface area contributed by atoms with Crippen molar-refractivity contribution in [2.75, 3.05) is 0 Å². The van der Waals surface area contributed by atoms with Crippen LogP contribution in [0, 0.1) is 5.41 Å². The van der Waals surface area contributed by atoms with Gasteiger partial charge < -0.3 is 10.8 Å². The molecule has 0 aromatic heterocycles. The van der Waals surface area contributed by atoms with Crippen LogP contribution in [0.3, 0.4) is 0 Å². The lowest BCUT2D eigenvalue weighted by Gasteiger charge is -2.21. The molecule has 0 rings (SSSR count). The van der Waals surface area contributed by atoms with E-state index >= 15 is 0 Å². The van der Waals surface area contributed by atoms with E-state index in [2.05, 4.69) is 22.7 Å². The van der Waals surface area contributed by atoms with Gasteiger partial charge in [-0.1, -0.05) is 13.8 Å². The molecule has 80 valence electrons. The van der Waals surface area contributed by atoms with Crippen molar-refractivity contribution < 1.29 is 9.90 Å². The van der Waals surface area contributed by atoms with Crippen LogP contribution < -0.4 is 11.2 Å². The standard InChI is InChI=1S/C8H15N3O2S/c1-5(10-11-7(9)14)8(2,3)4-6(12)13/h4H2,1-3H3,(H,12,13)(H3,9,11,14)/b10-5-. The monoisotopic (exact) mass is 217 g/mol. The predicted molar refractivity (Wildman–Crippen MR) is 59.1 cm³/mol. The first kappa shape index (κ1) is 12.8. The number of carbonyl (C=O) groups is 1. The summed E-state index contributed by atoms with van der Waals surface area (Å²) in [4.78, 5) is 10.5. The van der Waals surface area contributed by atoms with Crippen LogP contribution in [0.5, 0.6) is 0 Å². The Bertz CT molecular complexity index is 274. The summed E-state index contributed by atoms with van der Waals surface area (Å²) in [5, 5.41) is 12.6. The summed E-state index contributed by atoms with van der Waals surface area (Å²) in [6.45, 7) is 5.32. The Morgan fingerprint density at radius 3 is 2.50 bits per heavy atom. The second kappa shape index (κ2) is 4.90. The van der Waals surface area contributed by atoms with Gasteiger partial charge in [-0.2, -0.15) is 5.10 Å². The first-order chi connectivity index (χ1) is 6.25. The quantitative estimate of drug-likeness (QED) is 0.366. The molecule has 0 heterocycles. The molecule has 5 nitrogen and oxygen atoms in total. The van der Waals surface area contributed by atoms with E-state index in [1.54, 1.807) is 20.8 Å². The van der Waals surface area contributed by atoms with Crippen molar-refractivity contribution in [3.05, 3.63) is 0 Å². The molecule has 0 fully saturated rings. The summed E-state index contributed by atoms with van der Waals surface area (Å²) in [6.07, 6.45) is 0.0152. The third-order valence-corrected chi connectivity index (χ3v) is 2.00. The van der Waals surface area contributed by atoms with Gasteiger partial charge in [-0.3, -0.25) is 10.2 Å². The van der Waals surface area contributed by atoms with Gasteiger partial charge in [0.1, 0.15) is 0 Å². The number of nitrogens with zero attached hydrogens (tertiary/aromatic N) is 1. The molecule has 0 bridgehead atoms. The molecule has 0 spiro atoms. The number of nitrogens with one attached hydrogen (secondary N) is 1. The lowest BCUT2D eigenvalue weighted by Crippen LogP contribution is -2.30. The second-order valence-electron chi connectivity index (χ2n) is 3.63. The molecule has 0 saturated carbocycles. The van der Waals surface area contributed by atoms with Crippen molar-refractivity contribution in [3.63, 3.8) is 0 Å². The van der Waals surface area contributed by atoms with Crippen molar-refractivity contribution in [2.24, 2.45) is 16.3 Å². The Balaban J connectivity index is 4.47. The average molecular weight is 217 g/mol. The number of hydrogen-bond acceptors (Lipinski definition) is 3. The summed E-state index contributed by atoms with van der Waals surface area (Å²) < 4.78 is 0. The maximum absolute atomic E-state index is 10.5. The van der Waals surface area contributed by atoms with Crippen molar-refractivity contribution in [3.8, 4) is 0 Å². The number of thiocarbonyl (C=S) groups is 1. The molecule has 0 aliphatic rings. The van der Waals surface area contributed by atoms with Gasteiger partial charge in [-0.25, -0.2) is 0 Å². The molecule has 4 N–H and O–H groups in total. The molecule has 0 radical (unpaired) electrons. The van der Waals surface area contributed by atoms with E-state index in [1.807, 2.05) is 0 Å². The molecule has 0 aromatic carbocycles. The van der Waals surface area contributed by atoms with E-state index in [9.17, 15) is 4.79 Å². The molecule has 0 atom stereocenters. The van der Waals surface area contributed by atoms with Gasteiger partial charge in [0.25, 0.3) is 0 Å². The van der Waals surface area contributed by atoms with Crippen LogP contribution >= 0.6 is 12.2 Å². The van der Waals surface area contributed by atoms with Gasteiger partial charge in [0.05, 0.1) is 6.42 Å². The van der Waals surface area contributed by atoms with E-state index in [-0.39, 0.29) is 11.5 Å². The van der Waals surface area contributed by atoms with Gasteiger partial charge >= 0.3 is 5.97 Å². The summed E-state index contributed by atoms with van der Waals surface area (Å²) >= 11 is 4.57. The van der Waals surface area contributed by atoms with Crippen molar-refractivity contribution in [1.82, 2.24) is 5.43 Å². The number of hydrazone groups is 1. The molecular formula is C8H15N3O2S. The normalized spacial score (nSPS) is 12.4. The third kappa shape index (κ3) is 4.76. The summed E-state index contributed by atoms with van der Waals surface area (Å²) in [7, 11) is 0. The molecular weight excluding hydrogens is 202 g/mol. The number of carboxylic acids is 1. The molecule has 0 aliphatic carbocycles. The third-order valence-electron chi connectivity index (χ3n) is 1.91. The number of nitrogens with two attached hydrogens (primary N) is 1. The van der Waals surface area contributed by atoms with E-state index in [0.717, 1.165) is 0 Å². The predicted octanol–water partition coefficient (Wildman–Crippen LogP) is 0.696. The minimum atomic E-state index is -0.861. The topological polar surface area (TPSA) is 87.7 Å². The smallest absolute Gasteiger partial charge is 0.304 e. The second-order valence-corrected chi connectivity index (χ2v) is 4.07. The Morgan fingerprint density at radius 1 is 1.64 bits per heavy atom. The van der Waals surface area contributed by atoms with Crippen LogP contribution in [0.4, 0.5) is 0 Å². The van der Waals surface area contributed by atoms with Gasteiger partial charge in [-0.15, -0.1) is 0 Å². The zero-order valence-electron chi connectivity index (χ0n) is 8.50. The summed E-state index contributed by atoms with van der Waals surface area (Å²) in [5.74, 6) is -0.861. The first-order valence-corrected chi connectivity index (χ1v) is 4.48. The highest BCUT2D eigenvalue weighted by Crippen LogP contribution is 2.22. The number of hydrogen-bond donors (Lipinski definition) is 3. The fourth-order valence-electron chi connectivity index (χ4n) is 0.796. The van der Waals surface area contributed by atoms with Crippen molar-refractivity contribution in [2.45, 2.75) is 27.2 Å². The zero-order chi connectivity index (χ0) is 11.4. The van der Waals surface area contributed by atoms with Crippen LogP contribution in [0.2, 0.25) is 0 Å². The first-order valence-electron chi connectivity index (χ1n) is 4.07. The van der Waals surface area contributed by atoms with Crippen molar-refractivity contribution in [1.29, 1.82) is 0 Å². The number of rotatable bonds is 4. The van der Waals surface area contributed by atoms with Crippen LogP contribution in [0.1, 0.15) is 27.2 Å². The largest absolute Gasteiger partial charge is 0.481 e. The molecule has 0 aromatic rings. The Labute approximate surface area is 88.4 Å². The minimum absolute atomic E-state index is 0.0152. The Hall–Kier alpha value is -1.17. The average Bonchev–Trinajstić information content (AvgIpc) is 1.97. The van der Waals surface area contributed by atoms with Crippen LogP contribution in [-0.2, 0) is 4.79 Å². The number of aliphatic carboxylic acids is 1. The highest BCUT2D eigenvalue weighted by molar-refractivity contribution is 7.80. The fourth-order valence-corrected chi connectivity index (χ4v) is 0.842. The maximum Gasteiger partial charge on any atom is 0.304 e. The van der Waals surface area contributed by atoms with Gasteiger partial charge in [0.2, 0.25) is 0 Å². The Morgan fingerprint density at radius 2 is 2.14 bits per heavy atom. The molecule has 6 heteroatoms. The van der Waals surface area contributed by atoms with Crippen LogP contribution in [-0.4, -0.2) is 21.9 Å². The van der Waals surface area contributed by atoms with E-state index in [0.29, 0.717) is 5.71 Å². The maximum atomic E-state index is 10.5. The Kier molecular flexibility index (Phi) is 4.49. The SMILES string of the molecule is C/C(=N/NC(N)=S)C(C)(C)CC(=O)O. The molecule has 0 unspecified atom stereocenters. The van der Waals surface area contributed by atoms with Crippen LogP contribution in [0.15, 0.2) is 5.10 Å². The molecule has 0 amide bonds. The lowest BCUT2D eigenvalue weighted by atomic mass is 9.85. The van der Waals surface area contributed by atoms with E-state index < -0.39 is 11.4 Å². The fraction of sp³-hybridized carbons (Fsp3) is 0.625. The molecule has 0 aliphatic heterocycles. The highest BCUT2D eigenvalue weighted by Gasteiger charge is 2.25. The highest BCUT2D eigenvalue weighted by atomic mass is 32.1. The zero-order valence-corrected chi connectivity index (χ0v) is 9.31. The summed E-state index contributed by atoms with van der Waals surface area (Å²) in [5.41, 5.74) is 7.75.